The first-order valence-electron chi connectivity index (χ1n) is 10.3. The first-order chi connectivity index (χ1) is 14.6. The molecule has 1 saturated heterocycles. The van der Waals surface area contributed by atoms with Gasteiger partial charge in [0.05, 0.1) is 12.6 Å². The van der Waals surface area contributed by atoms with E-state index in [-0.39, 0.29) is 17.8 Å². The smallest absolute Gasteiger partial charge is 0.254 e. The van der Waals surface area contributed by atoms with Crippen LogP contribution >= 0.6 is 0 Å². The van der Waals surface area contributed by atoms with Crippen molar-refractivity contribution in [1.82, 2.24) is 14.5 Å². The van der Waals surface area contributed by atoms with Gasteiger partial charge in [-0.3, -0.25) is 4.79 Å². The van der Waals surface area contributed by atoms with Crippen LogP contribution in [0.3, 0.4) is 0 Å². The van der Waals surface area contributed by atoms with E-state index in [9.17, 15) is 9.18 Å². The summed E-state index contributed by atoms with van der Waals surface area (Å²) in [4.78, 5) is 19.6. The molecule has 1 fully saturated rings. The summed E-state index contributed by atoms with van der Waals surface area (Å²) in [6, 6.07) is 14.1. The summed E-state index contributed by atoms with van der Waals surface area (Å²) in [5.41, 5.74) is 2.76. The zero-order chi connectivity index (χ0) is 20.9. The van der Waals surface area contributed by atoms with Crippen molar-refractivity contribution in [2.45, 2.75) is 39.0 Å². The van der Waals surface area contributed by atoms with E-state index in [0.717, 1.165) is 36.4 Å². The Hall–Kier alpha value is -2.99. The molecule has 4 rings (SSSR count). The summed E-state index contributed by atoms with van der Waals surface area (Å²) in [6.07, 6.45) is 5.66. The third-order valence-electron chi connectivity index (χ3n) is 5.43. The van der Waals surface area contributed by atoms with E-state index >= 15 is 0 Å². The molecule has 6 heteroatoms. The highest BCUT2D eigenvalue weighted by Gasteiger charge is 2.25. The third-order valence-corrected chi connectivity index (χ3v) is 5.43. The van der Waals surface area contributed by atoms with Crippen molar-refractivity contribution in [3.05, 3.63) is 89.3 Å². The number of hydrogen-bond donors (Lipinski definition) is 0. The molecule has 1 amide bonds. The third kappa shape index (κ3) is 4.94. The minimum Gasteiger partial charge on any atom is -0.376 e. The molecule has 0 saturated carbocycles. The van der Waals surface area contributed by atoms with Crippen LogP contribution in [0.15, 0.2) is 60.9 Å². The Bertz CT molecular complexity index is 976. The predicted octanol–water partition coefficient (Wildman–Crippen LogP) is 4.20. The Kier molecular flexibility index (Phi) is 6.23. The topological polar surface area (TPSA) is 47.4 Å². The number of nitrogens with zero attached hydrogens (tertiary/aromatic N) is 3. The molecular formula is C24H26FN3O2. The molecule has 1 atom stereocenters. The van der Waals surface area contributed by atoms with Gasteiger partial charge in [-0.1, -0.05) is 29.8 Å². The highest BCUT2D eigenvalue weighted by molar-refractivity contribution is 5.94. The van der Waals surface area contributed by atoms with Gasteiger partial charge in [-0.2, -0.15) is 0 Å². The number of amides is 1. The SMILES string of the molecule is Cc1ccc(C(=O)N(Cc2nccn2Cc2ccc(F)cc2)C[C@@H]2CCCO2)cc1. The molecule has 30 heavy (non-hydrogen) atoms. The van der Waals surface area contributed by atoms with Gasteiger partial charge in [0, 0.05) is 37.7 Å². The first kappa shape index (κ1) is 20.3. The predicted molar refractivity (Wildman–Crippen MR) is 113 cm³/mol. The summed E-state index contributed by atoms with van der Waals surface area (Å²) in [5, 5.41) is 0. The Morgan fingerprint density at radius 3 is 2.67 bits per heavy atom. The fourth-order valence-corrected chi connectivity index (χ4v) is 3.72. The normalized spacial score (nSPS) is 16.0. The molecule has 0 N–H and O–H groups in total. The van der Waals surface area contributed by atoms with E-state index in [2.05, 4.69) is 4.98 Å². The van der Waals surface area contributed by atoms with Gasteiger partial charge in [0.25, 0.3) is 5.91 Å². The van der Waals surface area contributed by atoms with Gasteiger partial charge in [0.2, 0.25) is 0 Å². The van der Waals surface area contributed by atoms with Crippen LogP contribution in [0, 0.1) is 12.7 Å². The highest BCUT2D eigenvalue weighted by Crippen LogP contribution is 2.18. The minimum absolute atomic E-state index is 0.0261. The fourth-order valence-electron chi connectivity index (χ4n) is 3.72. The van der Waals surface area contributed by atoms with Crippen molar-refractivity contribution in [3.63, 3.8) is 0 Å². The Labute approximate surface area is 176 Å². The van der Waals surface area contributed by atoms with Crippen molar-refractivity contribution in [2.75, 3.05) is 13.2 Å². The lowest BCUT2D eigenvalue weighted by Gasteiger charge is -2.26. The zero-order valence-electron chi connectivity index (χ0n) is 17.1. The van der Waals surface area contributed by atoms with Crippen molar-refractivity contribution in [3.8, 4) is 0 Å². The number of carbonyl (C=O) groups excluding carboxylic acids is 1. The van der Waals surface area contributed by atoms with Crippen LogP contribution in [0.4, 0.5) is 4.39 Å². The molecule has 1 aliphatic heterocycles. The van der Waals surface area contributed by atoms with Crippen molar-refractivity contribution in [1.29, 1.82) is 0 Å². The number of rotatable bonds is 7. The number of aromatic nitrogens is 2. The molecule has 1 aromatic heterocycles. The monoisotopic (exact) mass is 407 g/mol. The molecular weight excluding hydrogens is 381 g/mol. The summed E-state index contributed by atoms with van der Waals surface area (Å²) < 4.78 is 21.0. The molecule has 0 aliphatic carbocycles. The van der Waals surface area contributed by atoms with Gasteiger partial charge in [-0.05, 0) is 49.6 Å². The standard InChI is InChI=1S/C24H26FN3O2/c1-18-4-8-20(9-5-18)24(29)28(16-22-3-2-14-30-22)17-23-26-12-13-27(23)15-19-6-10-21(25)11-7-19/h4-13,22H,2-3,14-17H2,1H3/t22-/m0/s1. The van der Waals surface area contributed by atoms with Gasteiger partial charge >= 0.3 is 0 Å². The summed E-state index contributed by atoms with van der Waals surface area (Å²) in [6.45, 7) is 4.25. The molecule has 5 nitrogen and oxygen atoms in total. The minimum atomic E-state index is -0.254. The van der Waals surface area contributed by atoms with Crippen LogP contribution in [0.2, 0.25) is 0 Å². The lowest BCUT2D eigenvalue weighted by atomic mass is 10.1. The number of benzene rings is 2. The summed E-state index contributed by atoms with van der Waals surface area (Å²) in [7, 11) is 0. The van der Waals surface area contributed by atoms with Gasteiger partial charge in [-0.25, -0.2) is 9.37 Å². The molecule has 0 spiro atoms. The Morgan fingerprint density at radius 2 is 1.97 bits per heavy atom. The molecule has 0 radical (unpaired) electrons. The van der Waals surface area contributed by atoms with Crippen LogP contribution in [-0.4, -0.2) is 39.6 Å². The molecule has 2 heterocycles. The van der Waals surface area contributed by atoms with Crippen molar-refractivity contribution < 1.29 is 13.9 Å². The highest BCUT2D eigenvalue weighted by atomic mass is 19.1. The molecule has 0 unspecified atom stereocenters. The number of carbonyl (C=O) groups is 1. The maximum absolute atomic E-state index is 13.3. The number of halogens is 1. The van der Waals surface area contributed by atoms with Crippen molar-refractivity contribution >= 4 is 5.91 Å². The summed E-state index contributed by atoms with van der Waals surface area (Å²) in [5.74, 6) is 0.510. The zero-order valence-corrected chi connectivity index (χ0v) is 17.1. The lowest BCUT2D eigenvalue weighted by molar-refractivity contribution is 0.0499. The number of imidazole rings is 1. The molecule has 0 bridgehead atoms. The van der Waals surface area contributed by atoms with E-state index in [0.29, 0.717) is 25.2 Å². The van der Waals surface area contributed by atoms with Crippen LogP contribution in [0.5, 0.6) is 0 Å². The average molecular weight is 407 g/mol. The second-order valence-electron chi connectivity index (χ2n) is 7.78. The Morgan fingerprint density at radius 1 is 1.20 bits per heavy atom. The fraction of sp³-hybridized carbons (Fsp3) is 0.333. The van der Waals surface area contributed by atoms with Crippen LogP contribution in [0.25, 0.3) is 0 Å². The second-order valence-corrected chi connectivity index (χ2v) is 7.78. The second kappa shape index (κ2) is 9.22. The van der Waals surface area contributed by atoms with E-state index in [1.807, 2.05) is 46.9 Å². The molecule has 1 aliphatic rings. The quantitative estimate of drug-likeness (QED) is 0.590. The maximum atomic E-state index is 13.3. The maximum Gasteiger partial charge on any atom is 0.254 e. The van der Waals surface area contributed by atoms with E-state index < -0.39 is 0 Å². The average Bonchev–Trinajstić information content (AvgIpc) is 3.42. The van der Waals surface area contributed by atoms with Gasteiger partial charge in [0.1, 0.15) is 11.6 Å². The van der Waals surface area contributed by atoms with E-state index in [1.165, 1.54) is 12.1 Å². The van der Waals surface area contributed by atoms with E-state index in [1.54, 1.807) is 18.3 Å². The largest absolute Gasteiger partial charge is 0.376 e. The van der Waals surface area contributed by atoms with Crippen LogP contribution in [-0.2, 0) is 17.8 Å². The summed E-state index contributed by atoms with van der Waals surface area (Å²) >= 11 is 0. The lowest BCUT2D eigenvalue weighted by Crippen LogP contribution is -2.37. The Balaban J connectivity index is 1.54. The van der Waals surface area contributed by atoms with Gasteiger partial charge in [0.15, 0.2) is 0 Å². The van der Waals surface area contributed by atoms with Gasteiger partial charge in [-0.15, -0.1) is 0 Å². The molecule has 2 aromatic carbocycles. The van der Waals surface area contributed by atoms with Crippen LogP contribution < -0.4 is 0 Å². The van der Waals surface area contributed by atoms with Crippen LogP contribution in [0.1, 0.15) is 40.2 Å². The van der Waals surface area contributed by atoms with E-state index in [4.69, 9.17) is 4.74 Å². The number of aryl methyl sites for hydroxylation is 1. The van der Waals surface area contributed by atoms with Crippen molar-refractivity contribution in [2.24, 2.45) is 0 Å². The number of hydrogen-bond acceptors (Lipinski definition) is 3. The molecule has 3 aromatic rings. The first-order valence-corrected chi connectivity index (χ1v) is 10.3. The van der Waals surface area contributed by atoms with Gasteiger partial charge < -0.3 is 14.2 Å². The molecule has 156 valence electrons. The number of ether oxygens (including phenoxy) is 1.